The highest BCUT2D eigenvalue weighted by atomic mass is 16.3. The molecular weight excluding hydrogens is 232 g/mol. The first-order valence-electron chi connectivity index (χ1n) is 7.46. The van der Waals surface area contributed by atoms with Crippen molar-refractivity contribution in [3.05, 3.63) is 23.5 Å². The summed E-state index contributed by atoms with van der Waals surface area (Å²) in [5.41, 5.74) is 1.54. The highest BCUT2D eigenvalue weighted by Crippen LogP contribution is 2.25. The van der Waals surface area contributed by atoms with Crippen molar-refractivity contribution in [1.29, 1.82) is 0 Å². The zero-order chi connectivity index (χ0) is 15.7. The van der Waals surface area contributed by atoms with Gasteiger partial charge in [0.2, 0.25) is 0 Å². The van der Waals surface area contributed by atoms with Gasteiger partial charge in [0.25, 0.3) is 0 Å². The maximum absolute atomic E-state index is 9.04. The topological polar surface area (TPSA) is 20.2 Å². The fourth-order valence-electron chi connectivity index (χ4n) is 1.30. The molecule has 19 heavy (non-hydrogen) atoms. The predicted molar refractivity (Wildman–Crippen MR) is 88.6 cm³/mol. The summed E-state index contributed by atoms with van der Waals surface area (Å²) in [5.74, 6) is 0.447. The van der Waals surface area contributed by atoms with Gasteiger partial charge in [-0.05, 0) is 36.7 Å². The van der Waals surface area contributed by atoms with Gasteiger partial charge in [0.05, 0.1) is 5.76 Å². The standard InChI is InChI=1S/C10H20.C8H16O/c1-5-6-7-8-9-10(2,3)4;1-6(7(2)9)8(3,4)5/h8-9H,5-7H2,1-4H3;9H,1-5H3/b9-8+;7-6-. The minimum absolute atomic E-state index is 0.110. The molecule has 0 rings (SSSR count). The van der Waals surface area contributed by atoms with Crippen LogP contribution < -0.4 is 0 Å². The molecule has 1 heteroatoms. The normalized spacial score (nSPS) is 13.9. The molecule has 0 aliphatic carbocycles. The molecule has 0 saturated heterocycles. The van der Waals surface area contributed by atoms with Crippen molar-refractivity contribution in [3.63, 3.8) is 0 Å². The lowest BCUT2D eigenvalue weighted by atomic mass is 9.87. The predicted octanol–water partition coefficient (Wildman–Crippen LogP) is 6.66. The highest BCUT2D eigenvalue weighted by Gasteiger charge is 2.14. The molecule has 0 amide bonds. The van der Waals surface area contributed by atoms with E-state index in [4.69, 9.17) is 5.11 Å². The van der Waals surface area contributed by atoms with E-state index in [9.17, 15) is 0 Å². The number of hydrogen-bond acceptors (Lipinski definition) is 1. The van der Waals surface area contributed by atoms with Gasteiger partial charge in [-0.1, -0.05) is 73.5 Å². The SMILES string of the molecule is C/C(O)=C(\C)C(C)(C)C.CCCC/C=C/C(C)(C)C. The summed E-state index contributed by atoms with van der Waals surface area (Å²) in [6.45, 7) is 18.9. The fraction of sp³-hybridized carbons (Fsp3) is 0.778. The summed E-state index contributed by atoms with van der Waals surface area (Å²) >= 11 is 0. The fourth-order valence-corrected chi connectivity index (χ4v) is 1.30. The van der Waals surface area contributed by atoms with Crippen LogP contribution >= 0.6 is 0 Å². The molecule has 0 aromatic carbocycles. The molecule has 0 fully saturated rings. The number of aliphatic hydroxyl groups excluding tert-OH is 1. The summed E-state index contributed by atoms with van der Waals surface area (Å²) in [6, 6.07) is 0. The zero-order valence-electron chi connectivity index (χ0n) is 14.7. The molecule has 0 aliphatic heterocycles. The van der Waals surface area contributed by atoms with E-state index in [1.807, 2.05) is 6.92 Å². The third-order valence-corrected chi connectivity index (χ3v) is 3.01. The second kappa shape index (κ2) is 9.23. The minimum atomic E-state index is 0.110. The van der Waals surface area contributed by atoms with Gasteiger partial charge in [-0.2, -0.15) is 0 Å². The smallest absolute Gasteiger partial charge is 0.0886 e. The van der Waals surface area contributed by atoms with E-state index in [1.165, 1.54) is 19.3 Å². The number of hydrogen-bond donors (Lipinski definition) is 1. The molecule has 0 aliphatic rings. The van der Waals surface area contributed by atoms with E-state index >= 15 is 0 Å². The second-order valence-corrected chi connectivity index (χ2v) is 7.37. The monoisotopic (exact) mass is 268 g/mol. The van der Waals surface area contributed by atoms with Crippen molar-refractivity contribution in [3.8, 4) is 0 Å². The van der Waals surface area contributed by atoms with Crippen LogP contribution in [0.2, 0.25) is 0 Å². The number of allylic oxidation sites excluding steroid dienone is 4. The Kier molecular flexibility index (Phi) is 10.0. The van der Waals surface area contributed by atoms with Gasteiger partial charge < -0.3 is 5.11 Å². The third-order valence-electron chi connectivity index (χ3n) is 3.01. The van der Waals surface area contributed by atoms with E-state index in [-0.39, 0.29) is 5.41 Å². The Hall–Kier alpha value is -0.720. The molecule has 0 aromatic heterocycles. The van der Waals surface area contributed by atoms with Crippen LogP contribution in [0, 0.1) is 10.8 Å². The maximum atomic E-state index is 9.04. The molecule has 0 heterocycles. The van der Waals surface area contributed by atoms with Crippen molar-refractivity contribution < 1.29 is 5.11 Å². The average molecular weight is 268 g/mol. The Bertz CT molecular complexity index is 278. The summed E-state index contributed by atoms with van der Waals surface area (Å²) in [5, 5.41) is 9.04. The lowest BCUT2D eigenvalue weighted by molar-refractivity contribution is 0.375. The molecule has 0 bridgehead atoms. The average Bonchev–Trinajstić information content (AvgIpc) is 2.21. The first-order chi connectivity index (χ1) is 8.41. The van der Waals surface area contributed by atoms with Crippen LogP contribution in [0.25, 0.3) is 0 Å². The van der Waals surface area contributed by atoms with Crippen molar-refractivity contribution in [2.45, 2.75) is 81.6 Å². The Labute approximate surface area is 121 Å². The van der Waals surface area contributed by atoms with Crippen LogP contribution in [-0.4, -0.2) is 5.11 Å². The molecule has 0 atom stereocenters. The molecule has 0 radical (unpaired) electrons. The van der Waals surface area contributed by atoms with E-state index in [2.05, 4.69) is 60.6 Å². The van der Waals surface area contributed by atoms with Crippen LogP contribution in [0.3, 0.4) is 0 Å². The highest BCUT2D eigenvalue weighted by molar-refractivity contribution is 5.09. The van der Waals surface area contributed by atoms with Crippen LogP contribution in [0.1, 0.15) is 81.6 Å². The first-order valence-corrected chi connectivity index (χ1v) is 7.46. The first kappa shape index (κ1) is 20.6. The quantitative estimate of drug-likeness (QED) is 0.344. The molecule has 0 spiro atoms. The van der Waals surface area contributed by atoms with Crippen LogP contribution in [0.5, 0.6) is 0 Å². The van der Waals surface area contributed by atoms with Crippen LogP contribution in [-0.2, 0) is 0 Å². The maximum Gasteiger partial charge on any atom is 0.0886 e. The lowest BCUT2D eigenvalue weighted by Gasteiger charge is -2.19. The molecule has 1 nitrogen and oxygen atoms in total. The van der Waals surface area contributed by atoms with Gasteiger partial charge in [-0.25, -0.2) is 0 Å². The van der Waals surface area contributed by atoms with Crippen molar-refractivity contribution in [1.82, 2.24) is 0 Å². The third kappa shape index (κ3) is 15.2. The van der Waals surface area contributed by atoms with Gasteiger partial charge in [0.1, 0.15) is 0 Å². The van der Waals surface area contributed by atoms with E-state index in [0.29, 0.717) is 11.2 Å². The van der Waals surface area contributed by atoms with Crippen LogP contribution in [0.15, 0.2) is 23.5 Å². The van der Waals surface area contributed by atoms with Gasteiger partial charge in [0.15, 0.2) is 0 Å². The summed E-state index contributed by atoms with van der Waals surface area (Å²) in [7, 11) is 0. The Morgan fingerprint density at radius 1 is 1.00 bits per heavy atom. The van der Waals surface area contributed by atoms with E-state index in [1.54, 1.807) is 6.92 Å². The van der Waals surface area contributed by atoms with Gasteiger partial charge >= 0.3 is 0 Å². The van der Waals surface area contributed by atoms with Crippen molar-refractivity contribution in [2.24, 2.45) is 10.8 Å². The lowest BCUT2D eigenvalue weighted by Crippen LogP contribution is -2.08. The summed E-state index contributed by atoms with van der Waals surface area (Å²) in [6.07, 6.45) is 8.46. The summed E-state index contributed by atoms with van der Waals surface area (Å²) < 4.78 is 0. The molecule has 0 aromatic rings. The Morgan fingerprint density at radius 3 is 1.68 bits per heavy atom. The van der Waals surface area contributed by atoms with Gasteiger partial charge in [0, 0.05) is 0 Å². The van der Waals surface area contributed by atoms with Crippen LogP contribution in [0.4, 0.5) is 0 Å². The second-order valence-electron chi connectivity index (χ2n) is 7.37. The molecular formula is C18H36O. The molecule has 1 N–H and O–H groups in total. The summed E-state index contributed by atoms with van der Waals surface area (Å²) in [4.78, 5) is 0. The molecule has 0 saturated carbocycles. The Morgan fingerprint density at radius 2 is 1.47 bits per heavy atom. The number of unbranched alkanes of at least 4 members (excludes halogenated alkanes) is 2. The van der Waals surface area contributed by atoms with E-state index < -0.39 is 0 Å². The largest absolute Gasteiger partial charge is 0.513 e. The van der Waals surface area contributed by atoms with Gasteiger partial charge in [-0.3, -0.25) is 0 Å². The number of aliphatic hydroxyl groups is 1. The molecule has 114 valence electrons. The van der Waals surface area contributed by atoms with Crippen molar-refractivity contribution >= 4 is 0 Å². The zero-order valence-corrected chi connectivity index (χ0v) is 14.7. The minimum Gasteiger partial charge on any atom is -0.513 e. The van der Waals surface area contributed by atoms with Gasteiger partial charge in [-0.15, -0.1) is 0 Å². The van der Waals surface area contributed by atoms with Crippen molar-refractivity contribution in [2.75, 3.05) is 0 Å². The number of rotatable bonds is 3. The molecule has 0 unspecified atom stereocenters. The van der Waals surface area contributed by atoms with E-state index in [0.717, 1.165) is 5.57 Å². The Balaban J connectivity index is 0.